The highest BCUT2D eigenvalue weighted by Crippen LogP contribution is 2.39. The van der Waals surface area contributed by atoms with Gasteiger partial charge in [0.25, 0.3) is 5.91 Å². The van der Waals surface area contributed by atoms with Crippen molar-refractivity contribution < 1.29 is 28.7 Å². The Morgan fingerprint density at radius 3 is 2.30 bits per heavy atom. The topological polar surface area (TPSA) is 141 Å². The number of carbonyl (C=O) groups excluding carboxylic acids is 4. The maximum atomic E-state index is 14.1. The predicted octanol–water partition coefficient (Wildman–Crippen LogP) is 8.58. The Balaban J connectivity index is 0.784. The summed E-state index contributed by atoms with van der Waals surface area (Å²) >= 11 is 7.50. The van der Waals surface area contributed by atoms with Gasteiger partial charge in [0.05, 0.1) is 29.3 Å². The Morgan fingerprint density at radius 1 is 0.971 bits per heavy atom. The van der Waals surface area contributed by atoms with Gasteiger partial charge in [-0.3, -0.25) is 24.1 Å². The highest BCUT2D eigenvalue weighted by atomic mass is 32.1. The Bertz CT molecular complexity index is 2560. The molecule has 0 bridgehead atoms. The summed E-state index contributed by atoms with van der Waals surface area (Å²) in [6.07, 6.45) is 3.26. The molecule has 3 saturated heterocycles. The molecular formula is C54H68N8O6S2. The molecule has 14 nitrogen and oxygen atoms in total. The molecule has 3 aliphatic heterocycles. The third kappa shape index (κ3) is 12.1. The molecule has 3 fully saturated rings. The molecule has 2 N–H and O–H groups in total. The molecule has 4 aromatic rings. The number of piperidine rings is 1. The fraction of sp³-hybridized carbons (Fsp3) is 0.500. The van der Waals surface area contributed by atoms with Gasteiger partial charge in [0, 0.05) is 44.2 Å². The Labute approximate surface area is 422 Å². The van der Waals surface area contributed by atoms with Gasteiger partial charge in [0.2, 0.25) is 17.7 Å². The number of hydrogen-bond donors (Lipinski definition) is 2. The Kier molecular flexibility index (Phi) is 16.9. The lowest BCUT2D eigenvalue weighted by atomic mass is 9.85. The summed E-state index contributed by atoms with van der Waals surface area (Å²) < 4.78 is 11.7. The molecule has 0 unspecified atom stereocenters. The van der Waals surface area contributed by atoms with Crippen LogP contribution in [0.1, 0.15) is 95.5 Å². The van der Waals surface area contributed by atoms with Crippen molar-refractivity contribution in [1.82, 2.24) is 25.4 Å². The van der Waals surface area contributed by atoms with Crippen LogP contribution < -0.4 is 20.4 Å². The van der Waals surface area contributed by atoms with Crippen molar-refractivity contribution in [3.63, 3.8) is 0 Å². The molecule has 70 heavy (non-hydrogen) atoms. The summed E-state index contributed by atoms with van der Waals surface area (Å²) in [4.78, 5) is 71.1. The zero-order valence-electron chi connectivity index (χ0n) is 41.9. The maximum absolute atomic E-state index is 14.1. The van der Waals surface area contributed by atoms with Crippen LogP contribution in [-0.4, -0.2) is 114 Å². The van der Waals surface area contributed by atoms with Crippen LogP contribution in [0.3, 0.4) is 0 Å². The number of ether oxygens (including phenoxy) is 2. The zero-order valence-corrected chi connectivity index (χ0v) is 43.5. The van der Waals surface area contributed by atoms with Crippen LogP contribution in [0.2, 0.25) is 0 Å². The quantitative estimate of drug-likeness (QED) is 0.0566. The Morgan fingerprint density at radius 2 is 1.66 bits per heavy atom. The van der Waals surface area contributed by atoms with Crippen LogP contribution in [0.25, 0.3) is 15.3 Å². The normalized spacial score (nSPS) is 19.1. The second kappa shape index (κ2) is 22.7. The molecule has 0 saturated carbocycles. The lowest BCUT2D eigenvalue weighted by molar-refractivity contribution is -0.144. The van der Waals surface area contributed by atoms with E-state index in [4.69, 9.17) is 28.3 Å². The minimum Gasteiger partial charge on any atom is -0.380 e. The number of benzene rings is 3. The van der Waals surface area contributed by atoms with Gasteiger partial charge < -0.3 is 34.8 Å². The first-order valence-electron chi connectivity index (χ1n) is 24.4. The van der Waals surface area contributed by atoms with Crippen molar-refractivity contribution in [2.45, 2.75) is 111 Å². The molecule has 372 valence electrons. The van der Waals surface area contributed by atoms with Gasteiger partial charge >= 0.3 is 0 Å². The van der Waals surface area contributed by atoms with Gasteiger partial charge in [-0.15, -0.1) is 11.3 Å². The van der Waals surface area contributed by atoms with E-state index in [1.165, 1.54) is 5.56 Å². The fourth-order valence-electron chi connectivity index (χ4n) is 9.68. The first-order chi connectivity index (χ1) is 33.4. The largest absolute Gasteiger partial charge is 0.380 e. The Hall–Kier alpha value is -5.57. The van der Waals surface area contributed by atoms with Crippen LogP contribution in [0.4, 0.5) is 17.1 Å². The first kappa shape index (κ1) is 52.3. The van der Waals surface area contributed by atoms with E-state index in [2.05, 4.69) is 49.6 Å². The summed E-state index contributed by atoms with van der Waals surface area (Å²) in [5.41, 5.74) is 7.57. The number of amides is 4. The van der Waals surface area contributed by atoms with Crippen molar-refractivity contribution in [3.05, 3.63) is 106 Å². The number of anilines is 2. The van der Waals surface area contributed by atoms with Crippen LogP contribution in [0.5, 0.6) is 0 Å². The van der Waals surface area contributed by atoms with Gasteiger partial charge in [-0.25, -0.2) is 9.83 Å². The monoisotopic (exact) mass is 988 g/mol. The molecule has 0 spiro atoms. The minimum atomic E-state index is -0.874. The number of nitrogens with one attached hydrogen (secondary N) is 2. The number of thiazole rings is 1. The number of aromatic nitrogens is 1. The van der Waals surface area contributed by atoms with E-state index in [0.29, 0.717) is 68.2 Å². The average Bonchev–Trinajstić information content (AvgIpc) is 4.00. The summed E-state index contributed by atoms with van der Waals surface area (Å²) in [5, 5.41) is 6.39. The summed E-state index contributed by atoms with van der Waals surface area (Å²) in [5.74, 6) is -0.375. The van der Waals surface area contributed by atoms with Gasteiger partial charge in [-0.05, 0) is 142 Å². The maximum Gasteiger partial charge on any atom is 0.259 e. The molecule has 3 aliphatic rings. The molecule has 4 amide bonds. The van der Waals surface area contributed by atoms with E-state index in [1.807, 2.05) is 96.1 Å². The van der Waals surface area contributed by atoms with Crippen molar-refractivity contribution in [2.24, 2.45) is 11.3 Å². The molecule has 0 radical (unpaired) electrons. The van der Waals surface area contributed by atoms with Crippen molar-refractivity contribution in [1.29, 1.82) is 0 Å². The number of likely N-dealkylation sites (tertiary alicyclic amines) is 2. The molecule has 1 aromatic heterocycles. The lowest BCUT2D eigenvalue weighted by Crippen LogP contribution is -2.58. The van der Waals surface area contributed by atoms with Crippen molar-refractivity contribution in [2.75, 3.05) is 62.4 Å². The first-order valence-corrected chi connectivity index (χ1v) is 25.7. The number of aryl methyl sites for hydroxylation is 2. The van der Waals surface area contributed by atoms with Crippen LogP contribution in [-0.2, 0) is 35.2 Å². The van der Waals surface area contributed by atoms with Crippen LogP contribution in [0.15, 0.2) is 72.2 Å². The molecule has 4 heterocycles. The molecule has 7 rings (SSSR count). The van der Waals surface area contributed by atoms with E-state index in [0.717, 1.165) is 65.4 Å². The van der Waals surface area contributed by atoms with E-state index < -0.39 is 23.0 Å². The van der Waals surface area contributed by atoms with Crippen molar-refractivity contribution in [3.8, 4) is 10.4 Å². The third-order valence-electron chi connectivity index (χ3n) is 13.7. The van der Waals surface area contributed by atoms with E-state index in [-0.39, 0.29) is 36.2 Å². The van der Waals surface area contributed by atoms with E-state index >= 15 is 0 Å². The highest BCUT2D eigenvalue weighted by Gasteiger charge is 2.50. The molecule has 0 aliphatic carbocycles. The third-order valence-corrected chi connectivity index (χ3v) is 15.1. The number of thiocarbonyl (C=S) groups is 1. The summed E-state index contributed by atoms with van der Waals surface area (Å²) in [6.45, 7) is 27.6. The standard InChI is InChI=1S/C54H68N8O6S2/c1-35-29-45(49(64)56-31-38-11-13-41(14-12-38)47-37(3)57-34-70-47)60(32-35)50(65)48(53(4,5)6)58-46(63)33-68-27-10-26-67-28-25-59-23-21-40(22-24-59)39-15-17-42(18-16-39)62-52(69)61(51(66)54(62,7)8)43-19-20-44(55-9)36(2)30-43/h11-20,30,34-35,40,45,48H,10,21-29,31-33H2,1-8H3,(H,56,64)(H,58,63)/t35-,45+,48-/m1/s1. The second-order valence-electron chi connectivity index (χ2n) is 20.5. The SMILES string of the molecule is [C-]#[N+]c1ccc(N2C(=O)C(C)(C)N(c3ccc(C4CCN(CCOCCCOCC(=O)N[C@H](C(=O)N5C[C@H](C)C[C@H]5C(=O)NCc5ccc(-c6scnc6C)cc5)C(C)(C)C)CC4)cc3)C2=S)cc1C. The number of hydrogen-bond acceptors (Lipinski definition) is 10. The van der Waals surface area contributed by atoms with Gasteiger partial charge in [-0.2, -0.15) is 0 Å². The lowest BCUT2D eigenvalue weighted by Gasteiger charge is -2.35. The number of carbonyl (C=O) groups is 4. The van der Waals surface area contributed by atoms with E-state index in [1.54, 1.807) is 33.3 Å². The second-order valence-corrected chi connectivity index (χ2v) is 21.7. The summed E-state index contributed by atoms with van der Waals surface area (Å²) in [7, 11) is 0. The molecule has 16 heteroatoms. The molecule has 3 aromatic carbocycles. The smallest absolute Gasteiger partial charge is 0.259 e. The predicted molar refractivity (Wildman–Crippen MR) is 280 cm³/mol. The van der Waals surface area contributed by atoms with Gasteiger partial charge in [0.15, 0.2) is 10.8 Å². The average molecular weight is 989 g/mol. The zero-order chi connectivity index (χ0) is 50.3. The summed E-state index contributed by atoms with van der Waals surface area (Å²) in [6, 6.07) is 20.4. The van der Waals surface area contributed by atoms with Gasteiger partial charge in [0.1, 0.15) is 24.2 Å². The fourth-order valence-corrected chi connectivity index (χ4v) is 11.0. The van der Waals surface area contributed by atoms with Gasteiger partial charge in [-0.1, -0.05) is 70.2 Å². The highest BCUT2D eigenvalue weighted by molar-refractivity contribution is 7.81. The van der Waals surface area contributed by atoms with Crippen LogP contribution >= 0.6 is 23.6 Å². The van der Waals surface area contributed by atoms with E-state index in [9.17, 15) is 19.2 Å². The number of rotatable bonds is 18. The van der Waals surface area contributed by atoms with Crippen LogP contribution in [0, 0.1) is 31.8 Å². The molecular weight excluding hydrogens is 921 g/mol. The number of nitrogens with zero attached hydrogens (tertiary/aromatic N) is 6. The van der Waals surface area contributed by atoms with Crippen molar-refractivity contribution >= 4 is 69.4 Å². The minimum absolute atomic E-state index is 0.106. The molecule has 3 atom stereocenters.